The van der Waals surface area contributed by atoms with Crippen LogP contribution in [0.4, 0.5) is 28.9 Å². The Hall–Kier alpha value is -3.35. The molecule has 2 aromatic heterocycles. The van der Waals surface area contributed by atoms with Gasteiger partial charge in [-0.1, -0.05) is 17.7 Å². The predicted octanol–water partition coefficient (Wildman–Crippen LogP) is 5.43. The van der Waals surface area contributed by atoms with E-state index in [0.717, 1.165) is 34.6 Å². The molecule has 0 aliphatic rings. The Bertz CT molecular complexity index is 1510. The van der Waals surface area contributed by atoms with Crippen LogP contribution in [-0.4, -0.2) is 30.8 Å². The number of rotatable bonds is 7. The molecule has 0 saturated heterocycles. The number of nitrogens with one attached hydrogen (secondary N) is 2. The lowest BCUT2D eigenvalue weighted by Gasteiger charge is -2.13. The average Bonchev–Trinajstić information content (AvgIpc) is 3.13. The van der Waals surface area contributed by atoms with Crippen molar-refractivity contribution in [2.45, 2.75) is 17.8 Å². The van der Waals surface area contributed by atoms with Crippen LogP contribution in [0.5, 0.6) is 5.75 Å². The van der Waals surface area contributed by atoms with Crippen LogP contribution in [0.1, 0.15) is 5.56 Å². The summed E-state index contributed by atoms with van der Waals surface area (Å²) in [6, 6.07) is 9.16. The molecule has 0 atom stereocenters. The van der Waals surface area contributed by atoms with Crippen LogP contribution in [0.3, 0.4) is 0 Å². The summed E-state index contributed by atoms with van der Waals surface area (Å²) >= 11 is 6.11. The summed E-state index contributed by atoms with van der Waals surface area (Å²) in [4.78, 5) is 3.30. The Morgan fingerprint density at radius 1 is 1.11 bits per heavy atom. The normalized spacial score (nSPS) is 12.2. The number of hydrogen-bond acceptors (Lipinski definition) is 6. The lowest BCUT2D eigenvalue weighted by atomic mass is 10.1. The van der Waals surface area contributed by atoms with Gasteiger partial charge < -0.3 is 15.4 Å². The van der Waals surface area contributed by atoms with Crippen LogP contribution in [0, 0.1) is 5.82 Å². The highest BCUT2D eigenvalue weighted by Crippen LogP contribution is 2.34. The number of anilines is 2. The van der Waals surface area contributed by atoms with Crippen molar-refractivity contribution in [2.24, 2.45) is 0 Å². The maximum absolute atomic E-state index is 13.7. The summed E-state index contributed by atoms with van der Waals surface area (Å²) < 4.78 is 82.4. The molecule has 0 bridgehead atoms. The van der Waals surface area contributed by atoms with Crippen molar-refractivity contribution < 1.29 is 30.7 Å². The van der Waals surface area contributed by atoms with Crippen molar-refractivity contribution in [3.05, 3.63) is 77.5 Å². The van der Waals surface area contributed by atoms with Gasteiger partial charge in [0.2, 0.25) is 0 Å². The van der Waals surface area contributed by atoms with Gasteiger partial charge in [-0.15, -0.1) is 13.2 Å². The Kier molecular flexibility index (Phi) is 6.62. The minimum absolute atomic E-state index is 0.0449. The molecule has 2 aromatic carbocycles. The maximum Gasteiger partial charge on any atom is 0.573 e. The van der Waals surface area contributed by atoms with Crippen molar-refractivity contribution in [3.63, 3.8) is 0 Å². The molecule has 2 N–H and O–H groups in total. The highest BCUT2D eigenvalue weighted by atomic mass is 35.5. The van der Waals surface area contributed by atoms with E-state index in [1.807, 2.05) is 0 Å². The van der Waals surface area contributed by atoms with Gasteiger partial charge in [0, 0.05) is 36.1 Å². The van der Waals surface area contributed by atoms with Crippen LogP contribution >= 0.6 is 11.6 Å². The monoisotopic (exact) mass is 528 g/mol. The van der Waals surface area contributed by atoms with E-state index < -0.39 is 28.0 Å². The number of halogens is 5. The van der Waals surface area contributed by atoms with Gasteiger partial charge in [-0.2, -0.15) is 0 Å². The molecular formula is C22H17ClF4N4O3S. The lowest BCUT2D eigenvalue weighted by molar-refractivity contribution is -0.274. The number of ether oxygens (including phenoxy) is 1. The maximum atomic E-state index is 13.7. The molecule has 0 aliphatic heterocycles. The van der Waals surface area contributed by atoms with Crippen molar-refractivity contribution in [2.75, 3.05) is 12.4 Å². The number of nitrogens with zero attached hydrogens (tertiary/aromatic N) is 2. The average molecular weight is 529 g/mol. The van der Waals surface area contributed by atoms with Gasteiger partial charge in [0.05, 0.1) is 22.4 Å². The minimum Gasteiger partial charge on any atom is -0.406 e. The van der Waals surface area contributed by atoms with E-state index in [1.54, 1.807) is 19.2 Å². The van der Waals surface area contributed by atoms with E-state index in [1.165, 1.54) is 18.3 Å². The molecular weight excluding hydrogens is 512 g/mol. The zero-order valence-electron chi connectivity index (χ0n) is 17.9. The summed E-state index contributed by atoms with van der Waals surface area (Å²) in [5.41, 5.74) is 1.64. The fourth-order valence-corrected chi connectivity index (χ4v) is 5.05. The van der Waals surface area contributed by atoms with Gasteiger partial charge >= 0.3 is 6.36 Å². The molecule has 13 heteroatoms. The molecule has 0 saturated carbocycles. The third-order valence-corrected chi connectivity index (χ3v) is 6.86. The molecule has 35 heavy (non-hydrogen) atoms. The zero-order valence-corrected chi connectivity index (χ0v) is 19.5. The predicted molar refractivity (Wildman–Crippen MR) is 123 cm³/mol. The van der Waals surface area contributed by atoms with Gasteiger partial charge in [0.25, 0.3) is 10.0 Å². The number of fused-ring (bicyclic) bond motifs is 1. The molecule has 0 aliphatic carbocycles. The fourth-order valence-electron chi connectivity index (χ4n) is 3.47. The van der Waals surface area contributed by atoms with Crippen molar-refractivity contribution >= 4 is 43.9 Å². The number of alkyl halides is 3. The lowest BCUT2D eigenvalue weighted by Crippen LogP contribution is -2.17. The topological polar surface area (TPSA) is 85.2 Å². The molecule has 7 nitrogen and oxygen atoms in total. The summed E-state index contributed by atoms with van der Waals surface area (Å²) in [5.74, 6) is -1.28. The Morgan fingerprint density at radius 3 is 2.54 bits per heavy atom. The Morgan fingerprint density at radius 2 is 1.89 bits per heavy atom. The number of hydrogen-bond donors (Lipinski definition) is 2. The second-order valence-corrected chi connectivity index (χ2v) is 9.59. The Labute approximate surface area is 202 Å². The highest BCUT2D eigenvalue weighted by molar-refractivity contribution is 7.90. The third kappa shape index (κ3) is 5.34. The molecule has 2 heterocycles. The molecule has 0 amide bonds. The van der Waals surface area contributed by atoms with Gasteiger partial charge in [0.15, 0.2) is 0 Å². The number of benzene rings is 2. The molecule has 0 radical (unpaired) electrons. The standard InChI is InChI=1S/C22H17ClF4N4O3S/c1-28-9-13-12-31(35(32,33)17-6-14(24)10-29-11-17)21-7-15(2-4-18(13)21)30-20-5-3-16(8-19(20)23)34-22(25,26)27/h2-8,10-12,28,30H,9H2,1H3. The first-order chi connectivity index (χ1) is 16.5. The van der Waals surface area contributed by atoms with E-state index in [2.05, 4.69) is 20.4 Å². The SMILES string of the molecule is CNCc1cn(S(=O)(=O)c2cncc(F)c2)c2cc(Nc3ccc(OC(F)(F)F)cc3Cl)ccc12. The first-order valence-electron chi connectivity index (χ1n) is 9.95. The number of pyridine rings is 1. The largest absolute Gasteiger partial charge is 0.573 e. The van der Waals surface area contributed by atoms with Gasteiger partial charge in [-0.05, 0) is 42.9 Å². The molecule has 184 valence electrons. The van der Waals surface area contributed by atoms with Gasteiger partial charge in [-0.3, -0.25) is 4.98 Å². The molecule has 4 rings (SSSR count). The second-order valence-electron chi connectivity index (χ2n) is 7.37. The van der Waals surface area contributed by atoms with Crippen molar-refractivity contribution in [3.8, 4) is 5.75 Å². The molecule has 4 aromatic rings. The summed E-state index contributed by atoms with van der Waals surface area (Å²) in [5, 5.41) is 6.50. The smallest absolute Gasteiger partial charge is 0.406 e. The van der Waals surface area contributed by atoms with Crippen LogP contribution in [0.25, 0.3) is 10.9 Å². The molecule has 0 unspecified atom stereocenters. The summed E-state index contributed by atoms with van der Waals surface area (Å²) in [7, 11) is -2.49. The third-order valence-electron chi connectivity index (χ3n) is 4.91. The first kappa shape index (κ1) is 24.8. The summed E-state index contributed by atoms with van der Waals surface area (Å²) in [6.07, 6.45) is -1.48. The van der Waals surface area contributed by atoms with Gasteiger partial charge in [-0.25, -0.2) is 16.8 Å². The van der Waals surface area contributed by atoms with E-state index in [-0.39, 0.29) is 21.1 Å². The van der Waals surface area contributed by atoms with Crippen molar-refractivity contribution in [1.29, 1.82) is 0 Å². The summed E-state index contributed by atoms with van der Waals surface area (Å²) in [6.45, 7) is 0.361. The highest BCUT2D eigenvalue weighted by Gasteiger charge is 2.31. The van der Waals surface area contributed by atoms with Crippen molar-refractivity contribution in [1.82, 2.24) is 14.3 Å². The molecule has 0 spiro atoms. The van der Waals surface area contributed by atoms with E-state index >= 15 is 0 Å². The van der Waals surface area contributed by atoms with E-state index in [9.17, 15) is 26.0 Å². The van der Waals surface area contributed by atoms with Crippen LogP contribution < -0.4 is 15.4 Å². The fraction of sp³-hybridized carbons (Fsp3) is 0.136. The van der Waals surface area contributed by atoms with Crippen LogP contribution in [0.2, 0.25) is 5.02 Å². The van der Waals surface area contributed by atoms with Gasteiger partial charge in [0.1, 0.15) is 16.5 Å². The first-order valence-corrected chi connectivity index (χ1v) is 11.8. The zero-order chi connectivity index (χ0) is 25.4. The van der Waals surface area contributed by atoms with Crippen LogP contribution in [0.15, 0.2) is 66.0 Å². The van der Waals surface area contributed by atoms with E-state index in [0.29, 0.717) is 23.2 Å². The van der Waals surface area contributed by atoms with E-state index in [4.69, 9.17) is 11.6 Å². The minimum atomic E-state index is -4.86. The Balaban J connectivity index is 1.76. The molecule has 0 fully saturated rings. The second kappa shape index (κ2) is 9.36. The van der Waals surface area contributed by atoms with Crippen LogP contribution in [-0.2, 0) is 16.6 Å². The quantitative estimate of drug-likeness (QED) is 0.311. The number of aromatic nitrogens is 2.